The van der Waals surface area contributed by atoms with Crippen LogP contribution in [0.1, 0.15) is 23.9 Å². The number of benzene rings is 1. The van der Waals surface area contributed by atoms with Crippen molar-refractivity contribution < 1.29 is 8.94 Å². The number of aromatic nitrogens is 5. The summed E-state index contributed by atoms with van der Waals surface area (Å²) in [6, 6.07) is 7.98. The van der Waals surface area contributed by atoms with Crippen molar-refractivity contribution in [3.05, 3.63) is 42.2 Å². The summed E-state index contributed by atoms with van der Waals surface area (Å²) in [5.41, 5.74) is 1.92. The second kappa shape index (κ2) is 5.54. The number of thioether (sulfide) groups is 1. The second-order valence-corrected chi connectivity index (χ2v) is 6.35. The lowest BCUT2D eigenvalue weighted by atomic mass is 10.2. The topological polar surface area (TPSA) is 93.6 Å². The molecule has 7 nitrogen and oxygen atoms in total. The van der Waals surface area contributed by atoms with Gasteiger partial charge in [-0.05, 0) is 19.9 Å². The molecule has 0 fully saturated rings. The summed E-state index contributed by atoms with van der Waals surface area (Å²) < 4.78 is 10.9. The lowest BCUT2D eigenvalue weighted by Gasteiger charge is -2.00. The van der Waals surface area contributed by atoms with E-state index >= 15 is 0 Å². The van der Waals surface area contributed by atoms with E-state index in [2.05, 4.69) is 25.3 Å². The highest BCUT2D eigenvalue weighted by Gasteiger charge is 2.19. The van der Waals surface area contributed by atoms with E-state index in [1.165, 1.54) is 11.8 Å². The van der Waals surface area contributed by atoms with Crippen molar-refractivity contribution in [2.45, 2.75) is 24.3 Å². The van der Waals surface area contributed by atoms with Crippen molar-refractivity contribution in [2.75, 3.05) is 0 Å². The Morgan fingerprint density at radius 1 is 1.22 bits per heavy atom. The van der Waals surface area contributed by atoms with Crippen molar-refractivity contribution in [3.63, 3.8) is 0 Å². The van der Waals surface area contributed by atoms with E-state index < -0.39 is 0 Å². The molecule has 0 radical (unpaired) electrons. The molecule has 0 saturated carbocycles. The summed E-state index contributed by atoms with van der Waals surface area (Å²) in [6.45, 7) is 3.74. The minimum Gasteiger partial charge on any atom is -0.411 e. The molecule has 3 heterocycles. The number of H-pyrrole nitrogens is 1. The summed E-state index contributed by atoms with van der Waals surface area (Å²) in [7, 11) is 0. The minimum atomic E-state index is -0.0625. The summed E-state index contributed by atoms with van der Waals surface area (Å²) in [5, 5.41) is 13.5. The predicted octanol–water partition coefficient (Wildman–Crippen LogP) is 3.76. The van der Waals surface area contributed by atoms with E-state index in [0.29, 0.717) is 22.8 Å². The van der Waals surface area contributed by atoms with E-state index in [4.69, 9.17) is 8.94 Å². The summed E-state index contributed by atoms with van der Waals surface area (Å²) in [6.07, 6.45) is 1.87. The SMILES string of the molecule is Cc1noc(C(C)Sc2nnc(-c3c[nH]c4ccccc34)o2)n1. The lowest BCUT2D eigenvalue weighted by Crippen LogP contribution is -1.88. The Hall–Kier alpha value is -2.61. The number of para-hydroxylation sites is 1. The average molecular weight is 327 g/mol. The zero-order chi connectivity index (χ0) is 15.8. The highest BCUT2D eigenvalue weighted by molar-refractivity contribution is 7.99. The fourth-order valence-electron chi connectivity index (χ4n) is 2.29. The van der Waals surface area contributed by atoms with Gasteiger partial charge in [-0.25, -0.2) is 0 Å². The number of rotatable bonds is 4. The number of aryl methyl sites for hydroxylation is 1. The van der Waals surface area contributed by atoms with E-state index in [9.17, 15) is 0 Å². The summed E-state index contributed by atoms with van der Waals surface area (Å²) >= 11 is 1.39. The van der Waals surface area contributed by atoms with E-state index in [-0.39, 0.29) is 5.25 Å². The Bertz CT molecular complexity index is 958. The molecule has 1 unspecified atom stereocenters. The Labute approximate surface area is 135 Å². The highest BCUT2D eigenvalue weighted by Crippen LogP contribution is 2.35. The Balaban J connectivity index is 1.59. The highest BCUT2D eigenvalue weighted by atomic mass is 32.2. The van der Waals surface area contributed by atoms with Gasteiger partial charge >= 0.3 is 0 Å². The van der Waals surface area contributed by atoms with Gasteiger partial charge in [-0.3, -0.25) is 0 Å². The van der Waals surface area contributed by atoms with Crippen LogP contribution >= 0.6 is 11.8 Å². The molecule has 0 aliphatic heterocycles. The van der Waals surface area contributed by atoms with Gasteiger partial charge < -0.3 is 13.9 Å². The van der Waals surface area contributed by atoms with Gasteiger partial charge in [0, 0.05) is 17.1 Å². The van der Waals surface area contributed by atoms with Gasteiger partial charge in [0.05, 0.1) is 10.8 Å². The molecular formula is C15H13N5O2S. The zero-order valence-corrected chi connectivity index (χ0v) is 13.3. The summed E-state index contributed by atoms with van der Waals surface area (Å²) in [5.74, 6) is 1.63. The van der Waals surface area contributed by atoms with Crippen LogP contribution in [0.25, 0.3) is 22.4 Å². The molecule has 0 amide bonds. The monoisotopic (exact) mass is 327 g/mol. The second-order valence-electron chi connectivity index (χ2n) is 5.06. The smallest absolute Gasteiger partial charge is 0.277 e. The molecule has 116 valence electrons. The standard InChI is InChI=1S/C15H13N5O2S/c1-8(13-17-9(2)20-22-13)23-15-19-18-14(21-15)11-7-16-12-6-4-3-5-10(11)12/h3-8,16H,1-2H3. The van der Waals surface area contributed by atoms with Gasteiger partial charge in [-0.15, -0.1) is 10.2 Å². The van der Waals surface area contributed by atoms with Gasteiger partial charge in [-0.2, -0.15) is 4.98 Å². The molecule has 4 rings (SSSR count). The van der Waals surface area contributed by atoms with Crippen molar-refractivity contribution in [1.29, 1.82) is 0 Å². The van der Waals surface area contributed by atoms with Crippen molar-refractivity contribution >= 4 is 22.7 Å². The van der Waals surface area contributed by atoms with Crippen LogP contribution in [-0.4, -0.2) is 25.3 Å². The van der Waals surface area contributed by atoms with Crippen LogP contribution < -0.4 is 0 Å². The van der Waals surface area contributed by atoms with E-state index in [1.807, 2.05) is 37.4 Å². The number of hydrogen-bond donors (Lipinski definition) is 1. The number of nitrogens with zero attached hydrogens (tertiary/aromatic N) is 4. The third kappa shape index (κ3) is 2.61. The van der Waals surface area contributed by atoms with Crippen LogP contribution in [0.5, 0.6) is 0 Å². The van der Waals surface area contributed by atoms with Gasteiger partial charge in [0.15, 0.2) is 5.82 Å². The first-order chi connectivity index (χ1) is 11.2. The first kappa shape index (κ1) is 14.0. The van der Waals surface area contributed by atoms with Crippen LogP contribution in [0, 0.1) is 6.92 Å². The van der Waals surface area contributed by atoms with Crippen molar-refractivity contribution in [1.82, 2.24) is 25.3 Å². The average Bonchev–Trinajstić information content (AvgIpc) is 3.26. The molecular weight excluding hydrogens is 314 g/mol. The molecule has 23 heavy (non-hydrogen) atoms. The van der Waals surface area contributed by atoms with Crippen molar-refractivity contribution in [2.24, 2.45) is 0 Å². The molecule has 1 N–H and O–H groups in total. The van der Waals surface area contributed by atoms with Crippen molar-refractivity contribution in [3.8, 4) is 11.5 Å². The molecule has 8 heteroatoms. The fourth-order valence-corrected chi connectivity index (χ4v) is 3.01. The third-order valence-corrected chi connectivity index (χ3v) is 4.32. The van der Waals surface area contributed by atoms with Crippen LogP contribution in [0.3, 0.4) is 0 Å². The maximum Gasteiger partial charge on any atom is 0.277 e. The van der Waals surface area contributed by atoms with Gasteiger partial charge in [0.2, 0.25) is 5.89 Å². The first-order valence-electron chi connectivity index (χ1n) is 7.07. The minimum absolute atomic E-state index is 0.0625. The van der Waals surface area contributed by atoms with Crippen LogP contribution in [0.15, 0.2) is 44.6 Å². The Kier molecular flexibility index (Phi) is 3.38. The number of fused-ring (bicyclic) bond motifs is 1. The molecule has 4 aromatic rings. The van der Waals surface area contributed by atoms with Gasteiger partial charge in [0.1, 0.15) is 0 Å². The number of aromatic amines is 1. The first-order valence-corrected chi connectivity index (χ1v) is 7.95. The predicted molar refractivity (Wildman–Crippen MR) is 84.9 cm³/mol. The quantitative estimate of drug-likeness (QED) is 0.570. The third-order valence-electron chi connectivity index (χ3n) is 3.39. The fraction of sp³-hybridized carbons (Fsp3) is 0.200. The van der Waals surface area contributed by atoms with Gasteiger partial charge in [0.25, 0.3) is 11.1 Å². The van der Waals surface area contributed by atoms with E-state index in [0.717, 1.165) is 16.5 Å². The molecule has 0 aliphatic carbocycles. The lowest BCUT2D eigenvalue weighted by molar-refractivity contribution is 0.375. The molecule has 0 aliphatic rings. The number of hydrogen-bond acceptors (Lipinski definition) is 7. The maximum atomic E-state index is 5.77. The normalized spacial score (nSPS) is 12.8. The van der Waals surface area contributed by atoms with Gasteiger partial charge in [-0.1, -0.05) is 35.1 Å². The molecule has 1 atom stereocenters. The van der Waals surface area contributed by atoms with Crippen LogP contribution in [-0.2, 0) is 0 Å². The largest absolute Gasteiger partial charge is 0.411 e. The Morgan fingerprint density at radius 3 is 2.91 bits per heavy atom. The van der Waals surface area contributed by atoms with Crippen LogP contribution in [0.4, 0.5) is 0 Å². The molecule has 0 bridgehead atoms. The number of nitrogens with one attached hydrogen (secondary N) is 1. The van der Waals surface area contributed by atoms with E-state index in [1.54, 1.807) is 6.92 Å². The maximum absolute atomic E-state index is 5.77. The summed E-state index contributed by atoms with van der Waals surface area (Å²) in [4.78, 5) is 7.41. The molecule has 3 aromatic heterocycles. The molecule has 0 saturated heterocycles. The van der Waals surface area contributed by atoms with Crippen LogP contribution in [0.2, 0.25) is 0 Å². The molecule has 1 aromatic carbocycles. The Morgan fingerprint density at radius 2 is 2.09 bits per heavy atom. The zero-order valence-electron chi connectivity index (χ0n) is 12.5. The molecule has 0 spiro atoms.